The Morgan fingerprint density at radius 1 is 1.12 bits per heavy atom. The van der Waals surface area contributed by atoms with Crippen molar-refractivity contribution in [3.05, 3.63) is 0 Å². The maximum atomic E-state index is 3.30. The van der Waals surface area contributed by atoms with E-state index in [1.54, 1.807) is 0 Å². The summed E-state index contributed by atoms with van der Waals surface area (Å²) in [4.78, 5) is 0. The SMILES string of the molecule is CC1CC(C)NCN1. The van der Waals surface area contributed by atoms with Crippen molar-refractivity contribution in [2.75, 3.05) is 6.67 Å². The van der Waals surface area contributed by atoms with E-state index in [0.717, 1.165) is 6.67 Å². The maximum Gasteiger partial charge on any atom is 0.0458 e. The number of hydrogen-bond acceptors (Lipinski definition) is 2. The lowest BCUT2D eigenvalue weighted by atomic mass is 10.1. The molecule has 2 nitrogen and oxygen atoms in total. The Bertz CT molecular complexity index is 64.9. The van der Waals surface area contributed by atoms with Gasteiger partial charge in [0.1, 0.15) is 0 Å². The van der Waals surface area contributed by atoms with Gasteiger partial charge in [-0.1, -0.05) is 0 Å². The average molecular weight is 114 g/mol. The molecule has 2 unspecified atom stereocenters. The van der Waals surface area contributed by atoms with Crippen LogP contribution in [0.4, 0.5) is 0 Å². The van der Waals surface area contributed by atoms with Gasteiger partial charge in [-0.2, -0.15) is 0 Å². The summed E-state index contributed by atoms with van der Waals surface area (Å²) < 4.78 is 0. The molecule has 0 aromatic rings. The van der Waals surface area contributed by atoms with Gasteiger partial charge in [-0.3, -0.25) is 0 Å². The highest BCUT2D eigenvalue weighted by atomic mass is 15.1. The van der Waals surface area contributed by atoms with Gasteiger partial charge in [0.2, 0.25) is 0 Å². The maximum absolute atomic E-state index is 3.30. The molecule has 0 amide bonds. The minimum Gasteiger partial charge on any atom is -0.302 e. The predicted octanol–water partition coefficient (Wildman–Crippen LogP) is 0.304. The highest BCUT2D eigenvalue weighted by molar-refractivity contribution is 4.73. The van der Waals surface area contributed by atoms with E-state index < -0.39 is 0 Å². The zero-order valence-electron chi connectivity index (χ0n) is 5.57. The molecule has 2 heteroatoms. The topological polar surface area (TPSA) is 24.1 Å². The van der Waals surface area contributed by atoms with E-state index in [1.165, 1.54) is 6.42 Å². The molecule has 0 spiro atoms. The third-order valence-corrected chi connectivity index (χ3v) is 1.61. The van der Waals surface area contributed by atoms with Crippen molar-refractivity contribution in [1.82, 2.24) is 10.6 Å². The van der Waals surface area contributed by atoms with Crippen molar-refractivity contribution in [3.63, 3.8) is 0 Å². The Morgan fingerprint density at radius 3 is 1.88 bits per heavy atom. The first kappa shape index (κ1) is 6.05. The molecule has 48 valence electrons. The van der Waals surface area contributed by atoms with Crippen LogP contribution in [0.25, 0.3) is 0 Å². The summed E-state index contributed by atoms with van der Waals surface area (Å²) in [6.07, 6.45) is 1.25. The van der Waals surface area contributed by atoms with Crippen LogP contribution in [0.5, 0.6) is 0 Å². The van der Waals surface area contributed by atoms with E-state index >= 15 is 0 Å². The summed E-state index contributed by atoms with van der Waals surface area (Å²) in [6, 6.07) is 1.40. The molecule has 1 aliphatic rings. The minimum atomic E-state index is 0.700. The van der Waals surface area contributed by atoms with Crippen molar-refractivity contribution in [3.8, 4) is 0 Å². The lowest BCUT2D eigenvalue weighted by Crippen LogP contribution is -2.48. The third kappa shape index (κ3) is 1.46. The highest BCUT2D eigenvalue weighted by Gasteiger charge is 2.11. The second kappa shape index (κ2) is 2.46. The molecule has 0 radical (unpaired) electrons. The van der Waals surface area contributed by atoms with E-state index in [-0.39, 0.29) is 0 Å². The van der Waals surface area contributed by atoms with Gasteiger partial charge in [0.05, 0.1) is 0 Å². The highest BCUT2D eigenvalue weighted by Crippen LogP contribution is 1.99. The zero-order chi connectivity index (χ0) is 5.98. The number of rotatable bonds is 0. The lowest BCUT2D eigenvalue weighted by molar-refractivity contribution is 0.344. The van der Waals surface area contributed by atoms with E-state index in [2.05, 4.69) is 24.5 Å². The molecule has 0 bridgehead atoms. The van der Waals surface area contributed by atoms with Crippen molar-refractivity contribution < 1.29 is 0 Å². The van der Waals surface area contributed by atoms with E-state index in [4.69, 9.17) is 0 Å². The fourth-order valence-corrected chi connectivity index (χ4v) is 1.10. The van der Waals surface area contributed by atoms with E-state index in [0.29, 0.717) is 12.1 Å². The van der Waals surface area contributed by atoms with Crippen LogP contribution in [0.1, 0.15) is 20.3 Å². The van der Waals surface area contributed by atoms with Gasteiger partial charge in [0.15, 0.2) is 0 Å². The van der Waals surface area contributed by atoms with Gasteiger partial charge in [0, 0.05) is 18.8 Å². The van der Waals surface area contributed by atoms with Gasteiger partial charge < -0.3 is 10.6 Å². The monoisotopic (exact) mass is 114 g/mol. The summed E-state index contributed by atoms with van der Waals surface area (Å²) in [5.74, 6) is 0. The van der Waals surface area contributed by atoms with Crippen LogP contribution in [-0.2, 0) is 0 Å². The van der Waals surface area contributed by atoms with Gasteiger partial charge in [0.25, 0.3) is 0 Å². The Labute approximate surface area is 50.7 Å². The van der Waals surface area contributed by atoms with Gasteiger partial charge in [-0.05, 0) is 20.3 Å². The van der Waals surface area contributed by atoms with Crippen molar-refractivity contribution in [2.24, 2.45) is 0 Å². The predicted molar refractivity (Wildman–Crippen MR) is 34.7 cm³/mol. The van der Waals surface area contributed by atoms with Crippen LogP contribution in [-0.4, -0.2) is 18.8 Å². The summed E-state index contributed by atoms with van der Waals surface area (Å²) in [5, 5.41) is 6.60. The van der Waals surface area contributed by atoms with Crippen molar-refractivity contribution >= 4 is 0 Å². The zero-order valence-corrected chi connectivity index (χ0v) is 5.57. The van der Waals surface area contributed by atoms with Gasteiger partial charge in [-0.15, -0.1) is 0 Å². The smallest absolute Gasteiger partial charge is 0.0458 e. The molecule has 0 aromatic heterocycles. The van der Waals surface area contributed by atoms with Crippen LogP contribution >= 0.6 is 0 Å². The Balaban J connectivity index is 2.23. The molecule has 0 aliphatic carbocycles. The molecular formula is C6H14N2. The second-order valence-electron chi connectivity index (χ2n) is 2.62. The van der Waals surface area contributed by atoms with E-state index in [9.17, 15) is 0 Å². The van der Waals surface area contributed by atoms with Crippen LogP contribution in [0.2, 0.25) is 0 Å². The molecular weight excluding hydrogens is 100 g/mol. The molecule has 8 heavy (non-hydrogen) atoms. The van der Waals surface area contributed by atoms with E-state index in [1.807, 2.05) is 0 Å². The standard InChI is InChI=1S/C6H14N2/c1-5-3-6(2)8-4-7-5/h5-8H,3-4H2,1-2H3. The molecule has 1 rings (SSSR count). The minimum absolute atomic E-state index is 0.700. The van der Waals surface area contributed by atoms with Crippen molar-refractivity contribution in [1.29, 1.82) is 0 Å². The number of nitrogens with one attached hydrogen (secondary N) is 2. The Morgan fingerprint density at radius 2 is 1.62 bits per heavy atom. The largest absolute Gasteiger partial charge is 0.302 e. The molecule has 0 aromatic carbocycles. The Hall–Kier alpha value is -0.0800. The second-order valence-corrected chi connectivity index (χ2v) is 2.62. The first-order valence-corrected chi connectivity index (χ1v) is 3.26. The molecule has 1 heterocycles. The quantitative estimate of drug-likeness (QED) is 0.473. The first-order chi connectivity index (χ1) is 3.79. The van der Waals surface area contributed by atoms with Gasteiger partial charge >= 0.3 is 0 Å². The molecule has 1 fully saturated rings. The number of hydrogen-bond donors (Lipinski definition) is 2. The van der Waals surface area contributed by atoms with Crippen LogP contribution in [0, 0.1) is 0 Å². The first-order valence-electron chi connectivity index (χ1n) is 3.26. The van der Waals surface area contributed by atoms with Crippen molar-refractivity contribution in [2.45, 2.75) is 32.4 Å². The molecule has 2 N–H and O–H groups in total. The fourth-order valence-electron chi connectivity index (χ4n) is 1.10. The van der Waals surface area contributed by atoms with Crippen LogP contribution < -0.4 is 10.6 Å². The van der Waals surface area contributed by atoms with Gasteiger partial charge in [-0.25, -0.2) is 0 Å². The summed E-state index contributed by atoms with van der Waals surface area (Å²) in [5.41, 5.74) is 0. The average Bonchev–Trinajstić information content (AvgIpc) is 1.64. The third-order valence-electron chi connectivity index (χ3n) is 1.61. The lowest BCUT2D eigenvalue weighted by Gasteiger charge is -2.26. The summed E-state index contributed by atoms with van der Waals surface area (Å²) in [7, 11) is 0. The van der Waals surface area contributed by atoms with Crippen LogP contribution in [0.15, 0.2) is 0 Å². The summed E-state index contributed by atoms with van der Waals surface area (Å²) in [6.45, 7) is 5.41. The summed E-state index contributed by atoms with van der Waals surface area (Å²) >= 11 is 0. The normalized spacial score (nSPS) is 39.8. The Kier molecular flexibility index (Phi) is 1.86. The van der Waals surface area contributed by atoms with Crippen LogP contribution in [0.3, 0.4) is 0 Å². The molecule has 1 saturated heterocycles. The molecule has 2 atom stereocenters. The molecule has 1 aliphatic heterocycles. The molecule has 0 saturated carbocycles. The fraction of sp³-hybridized carbons (Fsp3) is 1.00.